The van der Waals surface area contributed by atoms with E-state index in [-0.39, 0.29) is 6.10 Å². The van der Waals surface area contributed by atoms with Crippen molar-refractivity contribution in [1.29, 1.82) is 0 Å². The average molecular weight is 245 g/mol. The summed E-state index contributed by atoms with van der Waals surface area (Å²) < 4.78 is 5.87. The minimum Gasteiger partial charge on any atom is -0.373 e. The van der Waals surface area contributed by atoms with Gasteiger partial charge in [0, 0.05) is 0 Å². The number of benzene rings is 1. The molecule has 0 spiro atoms. The van der Waals surface area contributed by atoms with Gasteiger partial charge in [-0.05, 0) is 43.5 Å². The van der Waals surface area contributed by atoms with Crippen molar-refractivity contribution in [2.75, 3.05) is 19.7 Å². The molecule has 1 heterocycles. The smallest absolute Gasteiger partial charge is 0.0862 e. The molecule has 0 bridgehead atoms. The van der Waals surface area contributed by atoms with Gasteiger partial charge in [0.2, 0.25) is 0 Å². The Kier molecular flexibility index (Phi) is 5.43. The lowest BCUT2D eigenvalue weighted by molar-refractivity contribution is 0.0445. The first kappa shape index (κ1) is 13.3. The first-order valence-corrected chi connectivity index (χ1v) is 6.97. The lowest BCUT2D eigenvalue weighted by Gasteiger charge is -2.25. The maximum Gasteiger partial charge on any atom is 0.0862 e. The van der Waals surface area contributed by atoms with Gasteiger partial charge in [0.05, 0.1) is 12.7 Å². The Bertz CT molecular complexity index is 386. The average Bonchev–Trinajstić information content (AvgIpc) is 2.43. The van der Waals surface area contributed by atoms with Crippen molar-refractivity contribution >= 4 is 0 Å². The molecule has 0 saturated carbocycles. The fourth-order valence-corrected chi connectivity index (χ4v) is 2.37. The molecule has 1 atom stereocenters. The predicted octanol–water partition coefficient (Wildman–Crippen LogP) is 3.25. The monoisotopic (exact) mass is 245 g/mol. The van der Waals surface area contributed by atoms with E-state index in [9.17, 15) is 0 Å². The molecule has 0 amide bonds. The number of nitrogens with one attached hydrogen (secondary N) is 1. The quantitative estimate of drug-likeness (QED) is 0.613. The van der Waals surface area contributed by atoms with E-state index in [0.29, 0.717) is 0 Å². The maximum atomic E-state index is 5.87. The van der Waals surface area contributed by atoms with Gasteiger partial charge < -0.3 is 10.1 Å². The Morgan fingerprint density at radius 3 is 3.11 bits per heavy atom. The van der Waals surface area contributed by atoms with Crippen molar-refractivity contribution in [2.45, 2.75) is 32.3 Å². The molecule has 1 aliphatic rings. The number of rotatable bonds is 6. The molecule has 2 rings (SSSR count). The van der Waals surface area contributed by atoms with E-state index in [1.807, 2.05) is 0 Å². The van der Waals surface area contributed by atoms with Crippen LogP contribution in [-0.4, -0.2) is 19.7 Å². The van der Waals surface area contributed by atoms with E-state index >= 15 is 0 Å². The minimum absolute atomic E-state index is 0.255. The van der Waals surface area contributed by atoms with Gasteiger partial charge in [0.15, 0.2) is 0 Å². The van der Waals surface area contributed by atoms with Crippen LogP contribution in [-0.2, 0) is 11.2 Å². The number of hydrogen-bond donors (Lipinski definition) is 1. The molecule has 0 fully saturated rings. The Hall–Kier alpha value is -1.12. The molecule has 18 heavy (non-hydrogen) atoms. The molecule has 0 saturated heterocycles. The van der Waals surface area contributed by atoms with E-state index in [1.165, 1.54) is 11.1 Å². The molecule has 1 aliphatic heterocycles. The summed E-state index contributed by atoms with van der Waals surface area (Å²) in [7, 11) is 0. The summed E-state index contributed by atoms with van der Waals surface area (Å²) in [5, 5.41) is 3.32. The van der Waals surface area contributed by atoms with E-state index in [2.05, 4.69) is 48.7 Å². The third kappa shape index (κ3) is 3.69. The number of hydrogen-bond acceptors (Lipinski definition) is 2. The third-order valence-corrected chi connectivity index (χ3v) is 3.35. The largest absolute Gasteiger partial charge is 0.373 e. The number of ether oxygens (including phenoxy) is 1. The fraction of sp³-hybridized carbons (Fsp3) is 0.500. The Labute approximate surface area is 110 Å². The molecule has 1 aromatic carbocycles. The summed E-state index contributed by atoms with van der Waals surface area (Å²) in [6.07, 6.45) is 7.90. The molecule has 0 radical (unpaired) electrons. The van der Waals surface area contributed by atoms with Gasteiger partial charge in [-0.2, -0.15) is 0 Å². The molecular formula is C16H23NO. The second-order valence-electron chi connectivity index (χ2n) is 4.66. The lowest BCUT2D eigenvalue weighted by Crippen LogP contribution is -2.15. The second kappa shape index (κ2) is 7.34. The normalized spacial score (nSPS) is 19.1. The summed E-state index contributed by atoms with van der Waals surface area (Å²) in [6, 6.07) is 8.65. The summed E-state index contributed by atoms with van der Waals surface area (Å²) in [5.41, 5.74) is 2.83. The van der Waals surface area contributed by atoms with Crippen molar-refractivity contribution < 1.29 is 4.74 Å². The molecule has 1 unspecified atom stereocenters. The van der Waals surface area contributed by atoms with Gasteiger partial charge in [-0.1, -0.05) is 43.3 Å². The van der Waals surface area contributed by atoms with Crippen molar-refractivity contribution in [2.24, 2.45) is 0 Å². The molecule has 1 N–H and O–H groups in total. The zero-order valence-corrected chi connectivity index (χ0v) is 11.2. The van der Waals surface area contributed by atoms with Crippen LogP contribution < -0.4 is 5.32 Å². The fourth-order valence-electron chi connectivity index (χ4n) is 2.37. The zero-order valence-electron chi connectivity index (χ0n) is 11.2. The molecule has 0 aliphatic carbocycles. The minimum atomic E-state index is 0.255. The van der Waals surface area contributed by atoms with Crippen molar-refractivity contribution in [1.82, 2.24) is 5.32 Å². The molecule has 2 nitrogen and oxygen atoms in total. The third-order valence-electron chi connectivity index (χ3n) is 3.35. The van der Waals surface area contributed by atoms with Crippen LogP contribution in [0.4, 0.5) is 0 Å². The molecular weight excluding hydrogens is 222 g/mol. The summed E-state index contributed by atoms with van der Waals surface area (Å²) in [4.78, 5) is 0. The van der Waals surface area contributed by atoms with E-state index in [0.717, 1.165) is 39.0 Å². The maximum absolute atomic E-state index is 5.87. The molecule has 1 aromatic rings. The first-order chi connectivity index (χ1) is 8.92. The van der Waals surface area contributed by atoms with Gasteiger partial charge in [-0.3, -0.25) is 0 Å². The standard InChI is InChI=1S/C16H23NO/c1-2-17-12-7-3-4-10-16-15-9-6-5-8-14(15)11-13-18-16/h3-6,8-9,16-17H,2,7,10-13H2,1H3. The lowest BCUT2D eigenvalue weighted by atomic mass is 9.96. The van der Waals surface area contributed by atoms with Crippen LogP contribution in [0.3, 0.4) is 0 Å². The van der Waals surface area contributed by atoms with Crippen molar-refractivity contribution in [3.8, 4) is 0 Å². The Morgan fingerprint density at radius 2 is 2.22 bits per heavy atom. The van der Waals surface area contributed by atoms with Crippen LogP contribution >= 0.6 is 0 Å². The van der Waals surface area contributed by atoms with Crippen molar-refractivity contribution in [3.05, 3.63) is 47.5 Å². The summed E-state index contributed by atoms with van der Waals surface area (Å²) >= 11 is 0. The topological polar surface area (TPSA) is 21.3 Å². The van der Waals surface area contributed by atoms with Gasteiger partial charge >= 0.3 is 0 Å². The van der Waals surface area contributed by atoms with Crippen LogP contribution in [0.15, 0.2) is 36.4 Å². The summed E-state index contributed by atoms with van der Waals surface area (Å²) in [5.74, 6) is 0. The van der Waals surface area contributed by atoms with Crippen LogP contribution in [0.25, 0.3) is 0 Å². The van der Waals surface area contributed by atoms with Crippen LogP contribution in [0.1, 0.15) is 37.0 Å². The predicted molar refractivity (Wildman–Crippen MR) is 75.8 cm³/mol. The Morgan fingerprint density at radius 1 is 1.33 bits per heavy atom. The van der Waals surface area contributed by atoms with Gasteiger partial charge in [-0.15, -0.1) is 0 Å². The highest BCUT2D eigenvalue weighted by Gasteiger charge is 2.18. The molecule has 2 heteroatoms. The first-order valence-electron chi connectivity index (χ1n) is 6.97. The SMILES string of the molecule is CCNCCC=CCC1OCCc2ccccc21. The highest BCUT2D eigenvalue weighted by atomic mass is 16.5. The summed E-state index contributed by atoms with van der Waals surface area (Å²) in [6.45, 7) is 5.10. The van der Waals surface area contributed by atoms with Crippen molar-refractivity contribution in [3.63, 3.8) is 0 Å². The van der Waals surface area contributed by atoms with Gasteiger partial charge in [0.25, 0.3) is 0 Å². The van der Waals surface area contributed by atoms with Gasteiger partial charge in [-0.25, -0.2) is 0 Å². The molecule has 0 aromatic heterocycles. The number of fused-ring (bicyclic) bond motifs is 1. The highest BCUT2D eigenvalue weighted by Crippen LogP contribution is 2.29. The van der Waals surface area contributed by atoms with Crippen LogP contribution in [0.2, 0.25) is 0 Å². The molecule has 98 valence electrons. The van der Waals surface area contributed by atoms with Crippen LogP contribution in [0, 0.1) is 0 Å². The van der Waals surface area contributed by atoms with E-state index < -0.39 is 0 Å². The second-order valence-corrected chi connectivity index (χ2v) is 4.66. The highest BCUT2D eigenvalue weighted by molar-refractivity contribution is 5.31. The zero-order chi connectivity index (χ0) is 12.6. The van der Waals surface area contributed by atoms with Gasteiger partial charge in [0.1, 0.15) is 0 Å². The Balaban J connectivity index is 1.84. The van der Waals surface area contributed by atoms with Crippen LogP contribution in [0.5, 0.6) is 0 Å². The van der Waals surface area contributed by atoms with E-state index in [1.54, 1.807) is 0 Å². The van der Waals surface area contributed by atoms with E-state index in [4.69, 9.17) is 4.74 Å².